The molecule has 0 saturated heterocycles. The minimum Gasteiger partial charge on any atom is -0.477 e. The number of rotatable bonds is 6. The number of carboxylic acids is 1. The van der Waals surface area contributed by atoms with Gasteiger partial charge in [0.1, 0.15) is 5.57 Å². The van der Waals surface area contributed by atoms with Crippen molar-refractivity contribution >= 4 is 11.9 Å². The van der Waals surface area contributed by atoms with E-state index in [4.69, 9.17) is 5.11 Å². The van der Waals surface area contributed by atoms with Crippen LogP contribution < -0.4 is 0 Å². The van der Waals surface area contributed by atoms with E-state index < -0.39 is 11.9 Å². The van der Waals surface area contributed by atoms with E-state index in [1.54, 1.807) is 0 Å². The van der Waals surface area contributed by atoms with Gasteiger partial charge in [0.2, 0.25) is 0 Å². The van der Waals surface area contributed by atoms with Crippen molar-refractivity contribution < 1.29 is 19.4 Å². The fourth-order valence-corrected chi connectivity index (χ4v) is 3.30. The fraction of sp³-hybridized carbons (Fsp3) is 0.667. The first-order chi connectivity index (χ1) is 10.2. The van der Waals surface area contributed by atoms with E-state index in [1.807, 2.05) is 6.92 Å². The highest BCUT2D eigenvalue weighted by molar-refractivity contribution is 6.13. The van der Waals surface area contributed by atoms with Crippen LogP contribution in [0, 0.1) is 11.3 Å². The highest BCUT2D eigenvalue weighted by atomic mass is 16.5. The highest BCUT2D eigenvalue weighted by Crippen LogP contribution is 2.42. The number of esters is 1. The summed E-state index contributed by atoms with van der Waals surface area (Å²) in [6.45, 7) is 8.71. The molecule has 1 unspecified atom stereocenters. The van der Waals surface area contributed by atoms with Crippen LogP contribution in [0.3, 0.4) is 0 Å². The Morgan fingerprint density at radius 3 is 2.55 bits per heavy atom. The second kappa shape index (κ2) is 7.61. The maximum Gasteiger partial charge on any atom is 0.344 e. The second-order valence-corrected chi connectivity index (χ2v) is 6.89. The second-order valence-electron chi connectivity index (χ2n) is 6.89. The zero-order valence-electron chi connectivity index (χ0n) is 14.4. The van der Waals surface area contributed by atoms with Gasteiger partial charge in [-0.2, -0.15) is 0 Å². The molecule has 22 heavy (non-hydrogen) atoms. The molecule has 1 atom stereocenters. The average molecular weight is 308 g/mol. The first kappa shape index (κ1) is 18.5. The molecule has 1 rings (SSSR count). The predicted molar refractivity (Wildman–Crippen MR) is 86.5 cm³/mol. The molecule has 1 aliphatic rings. The number of carbonyl (C=O) groups is 2. The number of allylic oxidation sites excluding steroid dienone is 3. The third-order valence-corrected chi connectivity index (χ3v) is 4.62. The van der Waals surface area contributed by atoms with Crippen LogP contribution in [-0.2, 0) is 14.3 Å². The summed E-state index contributed by atoms with van der Waals surface area (Å²) < 4.78 is 4.52. The topological polar surface area (TPSA) is 63.6 Å². The van der Waals surface area contributed by atoms with E-state index in [9.17, 15) is 9.59 Å². The van der Waals surface area contributed by atoms with Crippen molar-refractivity contribution in [3.8, 4) is 0 Å². The molecule has 0 aliphatic heterocycles. The van der Waals surface area contributed by atoms with Crippen LogP contribution in [0.4, 0.5) is 0 Å². The van der Waals surface area contributed by atoms with E-state index in [0.29, 0.717) is 0 Å². The van der Waals surface area contributed by atoms with Gasteiger partial charge in [-0.25, -0.2) is 9.59 Å². The summed E-state index contributed by atoms with van der Waals surface area (Å²) in [6, 6.07) is 0. The first-order valence-electron chi connectivity index (χ1n) is 7.91. The molecule has 124 valence electrons. The molecule has 0 saturated carbocycles. The number of aliphatic carboxylic acids is 1. The first-order valence-corrected chi connectivity index (χ1v) is 7.91. The smallest absolute Gasteiger partial charge is 0.344 e. The Kier molecular flexibility index (Phi) is 6.39. The summed E-state index contributed by atoms with van der Waals surface area (Å²) in [4.78, 5) is 22.6. The Morgan fingerprint density at radius 2 is 2.05 bits per heavy atom. The maximum atomic E-state index is 11.5. The van der Waals surface area contributed by atoms with Crippen molar-refractivity contribution in [1.29, 1.82) is 0 Å². The number of carboxylic acid groups (broad SMARTS) is 1. The zero-order valence-corrected chi connectivity index (χ0v) is 14.4. The molecule has 4 heteroatoms. The summed E-state index contributed by atoms with van der Waals surface area (Å²) in [5.41, 5.74) is 2.92. The molecular formula is C18H28O4. The Hall–Kier alpha value is -1.58. The third-order valence-electron chi connectivity index (χ3n) is 4.62. The van der Waals surface area contributed by atoms with Crippen LogP contribution in [-0.4, -0.2) is 24.2 Å². The molecule has 0 aromatic carbocycles. The van der Waals surface area contributed by atoms with E-state index >= 15 is 0 Å². The van der Waals surface area contributed by atoms with Crippen LogP contribution in [0.5, 0.6) is 0 Å². The molecule has 0 aromatic rings. The van der Waals surface area contributed by atoms with Crippen molar-refractivity contribution in [2.24, 2.45) is 11.3 Å². The molecule has 0 heterocycles. The van der Waals surface area contributed by atoms with Crippen molar-refractivity contribution in [2.75, 3.05) is 7.11 Å². The molecule has 0 aromatic heterocycles. The minimum atomic E-state index is -1.23. The molecule has 0 amide bonds. The number of methoxy groups -OCH3 is 1. The van der Waals surface area contributed by atoms with Gasteiger partial charge < -0.3 is 9.84 Å². The van der Waals surface area contributed by atoms with Gasteiger partial charge in [0, 0.05) is 0 Å². The van der Waals surface area contributed by atoms with E-state index in [1.165, 1.54) is 37.2 Å². The van der Waals surface area contributed by atoms with E-state index in [2.05, 4.69) is 25.5 Å². The molecule has 1 N–H and O–H groups in total. The lowest BCUT2D eigenvalue weighted by atomic mass is 9.71. The van der Waals surface area contributed by atoms with Gasteiger partial charge in [-0.1, -0.05) is 38.0 Å². The van der Waals surface area contributed by atoms with Crippen LogP contribution >= 0.6 is 0 Å². The lowest BCUT2D eigenvalue weighted by molar-refractivity contribution is -0.142. The monoisotopic (exact) mass is 308 g/mol. The average Bonchev–Trinajstić information content (AvgIpc) is 2.42. The normalized spacial score (nSPS) is 19.8. The van der Waals surface area contributed by atoms with Gasteiger partial charge >= 0.3 is 11.9 Å². The quantitative estimate of drug-likeness (QED) is 0.264. The number of hydrogen-bond donors (Lipinski definition) is 1. The van der Waals surface area contributed by atoms with Crippen molar-refractivity contribution in [3.05, 3.63) is 22.8 Å². The highest BCUT2D eigenvalue weighted by Gasteiger charge is 2.28. The maximum absolute atomic E-state index is 11.5. The molecule has 0 spiro atoms. The Labute approximate surface area is 133 Å². The lowest BCUT2D eigenvalue weighted by Gasteiger charge is -2.35. The van der Waals surface area contributed by atoms with Gasteiger partial charge in [0.05, 0.1) is 7.11 Å². The van der Waals surface area contributed by atoms with Crippen molar-refractivity contribution in [2.45, 2.75) is 59.8 Å². The van der Waals surface area contributed by atoms with E-state index in [-0.39, 0.29) is 16.9 Å². The summed E-state index contributed by atoms with van der Waals surface area (Å²) in [5, 5.41) is 9.09. The zero-order chi connectivity index (χ0) is 16.9. The fourth-order valence-electron chi connectivity index (χ4n) is 3.30. The van der Waals surface area contributed by atoms with Crippen LogP contribution in [0.1, 0.15) is 59.8 Å². The van der Waals surface area contributed by atoms with E-state index in [0.717, 1.165) is 19.3 Å². The summed E-state index contributed by atoms with van der Waals surface area (Å²) in [6.07, 6.45) is 6.90. The minimum absolute atomic E-state index is 0.0169. The van der Waals surface area contributed by atoms with Gasteiger partial charge in [-0.05, 0) is 50.4 Å². The molecule has 0 bridgehead atoms. The van der Waals surface area contributed by atoms with Crippen LogP contribution in [0.25, 0.3) is 0 Å². The number of carbonyl (C=O) groups excluding carboxylic acids is 1. The van der Waals surface area contributed by atoms with Crippen LogP contribution in [0.15, 0.2) is 22.8 Å². The van der Waals surface area contributed by atoms with Gasteiger partial charge in [0.25, 0.3) is 0 Å². The van der Waals surface area contributed by atoms with Crippen molar-refractivity contribution in [1.82, 2.24) is 0 Å². The predicted octanol–water partition coefficient (Wildman–Crippen LogP) is 4.11. The largest absolute Gasteiger partial charge is 0.477 e. The number of ether oxygens (including phenoxy) is 1. The van der Waals surface area contributed by atoms with Gasteiger partial charge in [-0.15, -0.1) is 0 Å². The summed E-state index contributed by atoms with van der Waals surface area (Å²) >= 11 is 0. The Morgan fingerprint density at radius 1 is 1.41 bits per heavy atom. The van der Waals surface area contributed by atoms with Gasteiger partial charge in [0.15, 0.2) is 0 Å². The Bertz CT molecular complexity index is 497. The molecule has 0 fully saturated rings. The van der Waals surface area contributed by atoms with Gasteiger partial charge in [-0.3, -0.25) is 0 Å². The molecule has 0 radical (unpaired) electrons. The van der Waals surface area contributed by atoms with Crippen LogP contribution in [0.2, 0.25) is 0 Å². The summed E-state index contributed by atoms with van der Waals surface area (Å²) in [5.74, 6) is -2.00. The SMILES string of the molecule is COC(=O)/C(=C/C(C)CCC1=C(C)CCCC1(C)C)C(=O)O. The molecule has 4 nitrogen and oxygen atoms in total. The molecule has 1 aliphatic carbocycles. The standard InChI is InChI=1S/C18H28O4/c1-12(11-14(16(19)20)17(21)22-5)8-9-15-13(2)7-6-10-18(15,3)4/h11-12H,6-10H2,1-5H3,(H,19,20)/b14-11+. The lowest BCUT2D eigenvalue weighted by Crippen LogP contribution is -2.21. The molecular weight excluding hydrogens is 280 g/mol. The summed E-state index contributed by atoms with van der Waals surface area (Å²) in [7, 11) is 1.20. The third kappa shape index (κ3) is 4.72. The Balaban J connectivity index is 2.79. The van der Waals surface area contributed by atoms with Crippen molar-refractivity contribution in [3.63, 3.8) is 0 Å². The number of hydrogen-bond acceptors (Lipinski definition) is 3.